The molecule has 0 saturated carbocycles. The summed E-state index contributed by atoms with van der Waals surface area (Å²) in [4.78, 5) is 44.3. The van der Waals surface area contributed by atoms with Crippen molar-refractivity contribution in [2.75, 3.05) is 33.3 Å². The Hall–Kier alpha value is -2.31. The lowest BCUT2D eigenvalue weighted by atomic mass is 9.94. The Morgan fingerprint density at radius 1 is 1.07 bits per heavy atom. The molecule has 1 aliphatic heterocycles. The van der Waals surface area contributed by atoms with Gasteiger partial charge < -0.3 is 19.5 Å². The van der Waals surface area contributed by atoms with Gasteiger partial charge >= 0.3 is 5.97 Å². The molecule has 0 radical (unpaired) electrons. The van der Waals surface area contributed by atoms with E-state index in [4.69, 9.17) is 4.74 Å². The van der Waals surface area contributed by atoms with Crippen molar-refractivity contribution >= 4 is 17.8 Å². The van der Waals surface area contributed by atoms with Crippen LogP contribution in [0.15, 0.2) is 0 Å². The third-order valence-corrected chi connectivity index (χ3v) is 4.89. The summed E-state index contributed by atoms with van der Waals surface area (Å²) in [6.45, 7) is 11.5. The van der Waals surface area contributed by atoms with Gasteiger partial charge in [-0.3, -0.25) is 9.59 Å². The number of piperazine rings is 1. The van der Waals surface area contributed by atoms with E-state index < -0.39 is 11.4 Å². The van der Waals surface area contributed by atoms with Crippen molar-refractivity contribution in [3.05, 3.63) is 22.5 Å². The van der Waals surface area contributed by atoms with Crippen molar-refractivity contribution in [1.82, 2.24) is 14.8 Å². The molecule has 1 aromatic heterocycles. The van der Waals surface area contributed by atoms with Gasteiger partial charge in [-0.25, -0.2) is 4.79 Å². The number of hydrogen-bond acceptors (Lipinski definition) is 4. The number of nitrogens with one attached hydrogen (secondary N) is 1. The molecule has 2 rings (SSSR count). The molecule has 0 bridgehead atoms. The van der Waals surface area contributed by atoms with Crippen LogP contribution in [0.25, 0.3) is 0 Å². The molecule has 1 fully saturated rings. The van der Waals surface area contributed by atoms with Gasteiger partial charge in [0.2, 0.25) is 5.91 Å². The second kappa shape index (κ2) is 8.15. The highest BCUT2D eigenvalue weighted by molar-refractivity contribution is 6.00. The van der Waals surface area contributed by atoms with Crippen molar-refractivity contribution in [2.24, 2.45) is 5.41 Å². The molecule has 0 aromatic carbocycles. The smallest absolute Gasteiger partial charge is 0.339 e. The molecule has 0 atom stereocenters. The standard InChI is InChI=1S/C20H31N3O4/c1-7-8-14-15(18(25)27-6)13(2)21-16(14)17(24)22-9-11-23(12-10-22)19(26)20(3,4)5/h21H,7-12H2,1-6H3. The summed E-state index contributed by atoms with van der Waals surface area (Å²) in [6, 6.07) is 0. The highest BCUT2D eigenvalue weighted by Gasteiger charge is 2.33. The van der Waals surface area contributed by atoms with Crippen LogP contribution >= 0.6 is 0 Å². The van der Waals surface area contributed by atoms with Crippen LogP contribution < -0.4 is 0 Å². The zero-order valence-electron chi connectivity index (χ0n) is 17.3. The average Bonchev–Trinajstić information content (AvgIpc) is 2.95. The number of rotatable bonds is 4. The predicted molar refractivity (Wildman–Crippen MR) is 103 cm³/mol. The van der Waals surface area contributed by atoms with Gasteiger partial charge in [0.05, 0.1) is 12.7 Å². The van der Waals surface area contributed by atoms with Gasteiger partial charge in [0.25, 0.3) is 5.91 Å². The first-order valence-electron chi connectivity index (χ1n) is 9.50. The van der Waals surface area contributed by atoms with Gasteiger partial charge in [0, 0.05) is 37.3 Å². The number of nitrogens with zero attached hydrogens (tertiary/aromatic N) is 2. The first-order chi connectivity index (χ1) is 12.6. The van der Waals surface area contributed by atoms with Gasteiger partial charge in [0.1, 0.15) is 5.69 Å². The topological polar surface area (TPSA) is 82.7 Å². The van der Waals surface area contributed by atoms with E-state index in [2.05, 4.69) is 4.98 Å². The number of esters is 1. The first-order valence-corrected chi connectivity index (χ1v) is 9.50. The van der Waals surface area contributed by atoms with Crippen LogP contribution in [-0.2, 0) is 16.0 Å². The fraction of sp³-hybridized carbons (Fsp3) is 0.650. The van der Waals surface area contributed by atoms with E-state index >= 15 is 0 Å². The van der Waals surface area contributed by atoms with Crippen molar-refractivity contribution < 1.29 is 19.1 Å². The third kappa shape index (κ3) is 4.34. The maximum absolute atomic E-state index is 13.1. The number of amides is 2. The molecule has 0 spiro atoms. The second-order valence-electron chi connectivity index (χ2n) is 8.05. The van der Waals surface area contributed by atoms with Gasteiger partial charge in [-0.05, 0) is 18.9 Å². The first kappa shape index (κ1) is 21.0. The third-order valence-electron chi connectivity index (χ3n) is 4.89. The number of aromatic nitrogens is 1. The summed E-state index contributed by atoms with van der Waals surface area (Å²) in [5.74, 6) is -0.448. The molecule has 1 saturated heterocycles. The Morgan fingerprint density at radius 3 is 2.11 bits per heavy atom. The van der Waals surface area contributed by atoms with E-state index in [0.29, 0.717) is 49.6 Å². The van der Waals surface area contributed by atoms with Gasteiger partial charge in [0.15, 0.2) is 0 Å². The SMILES string of the molecule is CCCc1c(C(=O)N2CCN(C(=O)C(C)(C)C)CC2)[nH]c(C)c1C(=O)OC. The number of carbonyl (C=O) groups is 3. The van der Waals surface area contributed by atoms with Crippen molar-refractivity contribution in [3.8, 4) is 0 Å². The van der Waals surface area contributed by atoms with Crippen LogP contribution in [0, 0.1) is 12.3 Å². The molecular formula is C20H31N3O4. The van der Waals surface area contributed by atoms with Crippen molar-refractivity contribution in [2.45, 2.75) is 47.5 Å². The van der Waals surface area contributed by atoms with Crippen LogP contribution in [0.4, 0.5) is 0 Å². The van der Waals surface area contributed by atoms with Crippen LogP contribution in [0.5, 0.6) is 0 Å². The highest BCUT2D eigenvalue weighted by atomic mass is 16.5. The lowest BCUT2D eigenvalue weighted by Crippen LogP contribution is -2.53. The number of hydrogen-bond donors (Lipinski definition) is 1. The molecule has 2 amide bonds. The summed E-state index contributed by atoms with van der Waals surface area (Å²) >= 11 is 0. The van der Waals surface area contributed by atoms with Gasteiger partial charge in [-0.2, -0.15) is 0 Å². The molecular weight excluding hydrogens is 346 g/mol. The Labute approximate surface area is 161 Å². The van der Waals surface area contributed by atoms with Crippen molar-refractivity contribution in [1.29, 1.82) is 0 Å². The van der Waals surface area contributed by atoms with E-state index in [9.17, 15) is 14.4 Å². The quantitative estimate of drug-likeness (QED) is 0.817. The maximum Gasteiger partial charge on any atom is 0.339 e. The van der Waals surface area contributed by atoms with E-state index in [1.54, 1.807) is 11.8 Å². The lowest BCUT2D eigenvalue weighted by molar-refractivity contribution is -0.140. The second-order valence-corrected chi connectivity index (χ2v) is 8.05. The Balaban J connectivity index is 2.20. The lowest BCUT2D eigenvalue weighted by Gasteiger charge is -2.37. The molecule has 2 heterocycles. The molecule has 0 unspecified atom stereocenters. The zero-order valence-corrected chi connectivity index (χ0v) is 17.3. The van der Waals surface area contributed by atoms with E-state index in [-0.39, 0.29) is 11.8 Å². The number of aromatic amines is 1. The minimum Gasteiger partial charge on any atom is -0.465 e. The van der Waals surface area contributed by atoms with E-state index in [1.165, 1.54) is 7.11 Å². The van der Waals surface area contributed by atoms with Crippen LogP contribution in [-0.4, -0.2) is 65.9 Å². The predicted octanol–water partition coefficient (Wildman–Crippen LogP) is 2.39. The Bertz CT molecular complexity index is 722. The number of H-pyrrole nitrogens is 1. The molecule has 1 N–H and O–H groups in total. The van der Waals surface area contributed by atoms with Gasteiger partial charge in [-0.1, -0.05) is 34.1 Å². The fourth-order valence-electron chi connectivity index (χ4n) is 3.48. The summed E-state index contributed by atoms with van der Waals surface area (Å²) < 4.78 is 4.89. The summed E-state index contributed by atoms with van der Waals surface area (Å²) in [6.07, 6.45) is 1.44. The van der Waals surface area contributed by atoms with Crippen molar-refractivity contribution in [3.63, 3.8) is 0 Å². The number of carbonyl (C=O) groups excluding carboxylic acids is 3. The monoisotopic (exact) mass is 377 g/mol. The zero-order chi connectivity index (χ0) is 20.4. The average molecular weight is 377 g/mol. The summed E-state index contributed by atoms with van der Waals surface area (Å²) in [5, 5.41) is 0. The normalized spacial score (nSPS) is 15.0. The van der Waals surface area contributed by atoms with E-state index in [0.717, 1.165) is 12.0 Å². The Morgan fingerprint density at radius 2 is 1.63 bits per heavy atom. The molecule has 7 nitrogen and oxygen atoms in total. The van der Waals surface area contributed by atoms with Crippen LogP contribution in [0.2, 0.25) is 0 Å². The number of aryl methyl sites for hydroxylation is 1. The Kier molecular flexibility index (Phi) is 6.34. The molecule has 27 heavy (non-hydrogen) atoms. The summed E-state index contributed by atoms with van der Waals surface area (Å²) in [5.41, 5.74) is 1.87. The number of ether oxygens (including phenoxy) is 1. The van der Waals surface area contributed by atoms with Crippen LogP contribution in [0.1, 0.15) is 66.2 Å². The van der Waals surface area contributed by atoms with Crippen LogP contribution in [0.3, 0.4) is 0 Å². The molecule has 1 aliphatic rings. The highest BCUT2D eigenvalue weighted by Crippen LogP contribution is 2.24. The molecule has 150 valence electrons. The van der Waals surface area contributed by atoms with Gasteiger partial charge in [-0.15, -0.1) is 0 Å². The van der Waals surface area contributed by atoms with E-state index in [1.807, 2.05) is 32.6 Å². The summed E-state index contributed by atoms with van der Waals surface area (Å²) in [7, 11) is 1.34. The molecule has 1 aromatic rings. The molecule has 7 heteroatoms. The minimum atomic E-state index is -0.424. The number of methoxy groups -OCH3 is 1. The minimum absolute atomic E-state index is 0.102. The fourth-order valence-corrected chi connectivity index (χ4v) is 3.48. The molecule has 0 aliphatic carbocycles. The maximum atomic E-state index is 13.1. The largest absolute Gasteiger partial charge is 0.465 e.